The van der Waals surface area contributed by atoms with Gasteiger partial charge in [0.15, 0.2) is 0 Å². The molecule has 1 aromatic rings. The molecule has 0 aliphatic heterocycles. The summed E-state index contributed by atoms with van der Waals surface area (Å²) in [7, 11) is 1.56. The fraction of sp³-hybridized carbons (Fsp3) is 0.364. The predicted octanol–water partition coefficient (Wildman–Crippen LogP) is 3.84. The van der Waals surface area contributed by atoms with Crippen LogP contribution in [-0.2, 0) is 6.18 Å². The molecule has 0 spiro atoms. The minimum atomic E-state index is -4.45. The second-order valence-electron chi connectivity index (χ2n) is 3.64. The van der Waals surface area contributed by atoms with E-state index in [0.717, 1.165) is 18.2 Å². The minimum Gasteiger partial charge on any atom is -0.328 e. The molecule has 0 heterocycles. The van der Waals surface area contributed by atoms with Gasteiger partial charge in [-0.2, -0.15) is 13.2 Å². The van der Waals surface area contributed by atoms with E-state index in [1.807, 2.05) is 0 Å². The van der Waals surface area contributed by atoms with Crippen LogP contribution in [0.15, 0.2) is 18.2 Å². The molecule has 1 aromatic carbocycles. The second-order valence-corrected chi connectivity index (χ2v) is 4.04. The standard InChI is InChI=1S/C11H12ClF3N2O/c1-3-17(2)10(18)16-9-5-4-7(6-8(9)12)11(13,14)15/h4-6H,3H2,1-2H3,(H,16,18). The number of nitrogens with one attached hydrogen (secondary N) is 1. The summed E-state index contributed by atoms with van der Waals surface area (Å²) in [5.74, 6) is 0. The van der Waals surface area contributed by atoms with Gasteiger partial charge in [0.2, 0.25) is 0 Å². The fourth-order valence-electron chi connectivity index (χ4n) is 1.15. The van der Waals surface area contributed by atoms with Crippen molar-refractivity contribution in [2.75, 3.05) is 18.9 Å². The van der Waals surface area contributed by atoms with Crippen molar-refractivity contribution in [2.45, 2.75) is 13.1 Å². The molecule has 1 N–H and O–H groups in total. The highest BCUT2D eigenvalue weighted by Crippen LogP contribution is 2.33. The maximum atomic E-state index is 12.4. The quantitative estimate of drug-likeness (QED) is 0.877. The van der Waals surface area contributed by atoms with Gasteiger partial charge in [-0.3, -0.25) is 0 Å². The van der Waals surface area contributed by atoms with Crippen molar-refractivity contribution in [3.05, 3.63) is 28.8 Å². The molecule has 0 saturated carbocycles. The molecule has 0 bridgehead atoms. The molecule has 0 radical (unpaired) electrons. The number of halogens is 4. The molecular formula is C11H12ClF3N2O. The van der Waals surface area contributed by atoms with E-state index in [1.54, 1.807) is 14.0 Å². The average Bonchev–Trinajstić information content (AvgIpc) is 2.29. The summed E-state index contributed by atoms with van der Waals surface area (Å²) < 4.78 is 37.2. The average molecular weight is 281 g/mol. The van der Waals surface area contributed by atoms with Gasteiger partial charge in [0.1, 0.15) is 0 Å². The van der Waals surface area contributed by atoms with E-state index in [0.29, 0.717) is 6.54 Å². The smallest absolute Gasteiger partial charge is 0.328 e. The fourth-order valence-corrected chi connectivity index (χ4v) is 1.37. The number of anilines is 1. The van der Waals surface area contributed by atoms with Gasteiger partial charge in [-0.05, 0) is 25.1 Å². The molecule has 0 atom stereocenters. The number of rotatable bonds is 2. The van der Waals surface area contributed by atoms with Crippen LogP contribution in [0.2, 0.25) is 5.02 Å². The Bertz CT molecular complexity index is 448. The van der Waals surface area contributed by atoms with E-state index in [9.17, 15) is 18.0 Å². The zero-order chi connectivity index (χ0) is 13.9. The highest BCUT2D eigenvalue weighted by Gasteiger charge is 2.31. The number of carbonyl (C=O) groups is 1. The first-order valence-electron chi connectivity index (χ1n) is 5.14. The molecule has 2 amide bonds. The van der Waals surface area contributed by atoms with Crippen molar-refractivity contribution in [1.82, 2.24) is 4.90 Å². The Kier molecular flexibility index (Phi) is 4.45. The molecule has 18 heavy (non-hydrogen) atoms. The van der Waals surface area contributed by atoms with Gasteiger partial charge in [-0.1, -0.05) is 11.6 Å². The lowest BCUT2D eigenvalue weighted by Gasteiger charge is -2.16. The maximum absolute atomic E-state index is 12.4. The minimum absolute atomic E-state index is 0.148. The number of alkyl halides is 3. The van der Waals surface area contributed by atoms with Crippen LogP contribution in [0.3, 0.4) is 0 Å². The van der Waals surface area contributed by atoms with E-state index in [1.165, 1.54) is 4.90 Å². The largest absolute Gasteiger partial charge is 0.416 e. The van der Waals surface area contributed by atoms with Crippen LogP contribution in [0.1, 0.15) is 12.5 Å². The van der Waals surface area contributed by atoms with E-state index < -0.39 is 17.8 Å². The topological polar surface area (TPSA) is 32.3 Å². The van der Waals surface area contributed by atoms with Crippen molar-refractivity contribution in [3.63, 3.8) is 0 Å². The monoisotopic (exact) mass is 280 g/mol. The van der Waals surface area contributed by atoms with Crippen molar-refractivity contribution in [1.29, 1.82) is 0 Å². The van der Waals surface area contributed by atoms with Crippen LogP contribution in [0, 0.1) is 0 Å². The summed E-state index contributed by atoms with van der Waals surface area (Å²) in [5, 5.41) is 2.28. The van der Waals surface area contributed by atoms with Gasteiger partial charge in [0.05, 0.1) is 16.3 Å². The Hall–Kier alpha value is -1.43. The Morgan fingerprint density at radius 3 is 2.50 bits per heavy atom. The highest BCUT2D eigenvalue weighted by atomic mass is 35.5. The summed E-state index contributed by atoms with van der Waals surface area (Å²) in [6, 6.07) is 2.35. The van der Waals surface area contributed by atoms with E-state index in [4.69, 9.17) is 11.6 Å². The van der Waals surface area contributed by atoms with Crippen molar-refractivity contribution in [2.24, 2.45) is 0 Å². The lowest BCUT2D eigenvalue weighted by molar-refractivity contribution is -0.137. The second kappa shape index (κ2) is 5.48. The first-order chi connectivity index (χ1) is 8.25. The third kappa shape index (κ3) is 3.53. The summed E-state index contributed by atoms with van der Waals surface area (Å²) in [5.41, 5.74) is -0.704. The van der Waals surface area contributed by atoms with Crippen molar-refractivity contribution < 1.29 is 18.0 Å². The molecular weight excluding hydrogens is 269 g/mol. The third-order valence-electron chi connectivity index (χ3n) is 2.36. The molecule has 100 valence electrons. The molecule has 0 fully saturated rings. The SMILES string of the molecule is CCN(C)C(=O)Nc1ccc(C(F)(F)F)cc1Cl. The Balaban J connectivity index is 2.90. The molecule has 0 unspecified atom stereocenters. The Morgan fingerprint density at radius 2 is 2.06 bits per heavy atom. The molecule has 3 nitrogen and oxygen atoms in total. The van der Waals surface area contributed by atoms with Crippen LogP contribution in [-0.4, -0.2) is 24.5 Å². The van der Waals surface area contributed by atoms with Gasteiger partial charge in [0.25, 0.3) is 0 Å². The van der Waals surface area contributed by atoms with Gasteiger partial charge >= 0.3 is 12.2 Å². The van der Waals surface area contributed by atoms with Crippen molar-refractivity contribution >= 4 is 23.3 Å². The molecule has 7 heteroatoms. The van der Waals surface area contributed by atoms with E-state index in [-0.39, 0.29) is 10.7 Å². The molecule has 0 aromatic heterocycles. The highest BCUT2D eigenvalue weighted by molar-refractivity contribution is 6.33. The summed E-state index contributed by atoms with van der Waals surface area (Å²) in [6.07, 6.45) is -4.45. The third-order valence-corrected chi connectivity index (χ3v) is 2.67. The Morgan fingerprint density at radius 1 is 1.44 bits per heavy atom. The number of hydrogen-bond donors (Lipinski definition) is 1. The van der Waals surface area contributed by atoms with Crippen molar-refractivity contribution in [3.8, 4) is 0 Å². The summed E-state index contributed by atoms with van der Waals surface area (Å²) >= 11 is 5.69. The van der Waals surface area contributed by atoms with Crippen LogP contribution in [0.5, 0.6) is 0 Å². The predicted molar refractivity (Wildman–Crippen MR) is 63.8 cm³/mol. The zero-order valence-electron chi connectivity index (χ0n) is 9.81. The number of amides is 2. The summed E-state index contributed by atoms with van der Waals surface area (Å²) in [4.78, 5) is 12.9. The lowest BCUT2D eigenvalue weighted by Crippen LogP contribution is -2.31. The van der Waals surface area contributed by atoms with E-state index >= 15 is 0 Å². The van der Waals surface area contributed by atoms with Crippen LogP contribution < -0.4 is 5.32 Å². The number of carbonyl (C=O) groups excluding carboxylic acids is 1. The number of hydrogen-bond acceptors (Lipinski definition) is 1. The van der Waals surface area contributed by atoms with Gasteiger partial charge in [-0.15, -0.1) is 0 Å². The molecule has 0 aliphatic rings. The first kappa shape index (κ1) is 14.6. The van der Waals surface area contributed by atoms with Crippen LogP contribution in [0.4, 0.5) is 23.7 Å². The first-order valence-corrected chi connectivity index (χ1v) is 5.52. The summed E-state index contributed by atoms with van der Waals surface area (Å²) in [6.45, 7) is 2.25. The van der Waals surface area contributed by atoms with Gasteiger partial charge < -0.3 is 10.2 Å². The van der Waals surface area contributed by atoms with Crippen LogP contribution in [0.25, 0.3) is 0 Å². The number of benzene rings is 1. The lowest BCUT2D eigenvalue weighted by atomic mass is 10.2. The molecule has 1 rings (SSSR count). The van der Waals surface area contributed by atoms with Gasteiger partial charge in [0, 0.05) is 13.6 Å². The Labute approximate surface area is 108 Å². The van der Waals surface area contributed by atoms with Crippen LogP contribution >= 0.6 is 11.6 Å². The number of nitrogens with zero attached hydrogens (tertiary/aromatic N) is 1. The van der Waals surface area contributed by atoms with Gasteiger partial charge in [-0.25, -0.2) is 4.79 Å². The molecule has 0 saturated heterocycles. The zero-order valence-corrected chi connectivity index (χ0v) is 10.6. The number of urea groups is 1. The molecule has 0 aliphatic carbocycles. The maximum Gasteiger partial charge on any atom is 0.416 e. The van der Waals surface area contributed by atoms with E-state index in [2.05, 4.69) is 5.32 Å². The normalized spacial score (nSPS) is 11.2.